The maximum absolute atomic E-state index is 13.5. The van der Waals surface area contributed by atoms with Crippen molar-refractivity contribution >= 4 is 46.0 Å². The normalized spacial score (nSPS) is 21.2. The van der Waals surface area contributed by atoms with E-state index in [1.54, 1.807) is 12.3 Å². The Morgan fingerprint density at radius 1 is 1.09 bits per heavy atom. The number of carbonyl (C=O) groups is 1. The van der Waals surface area contributed by atoms with Gasteiger partial charge in [-0.05, 0) is 50.9 Å². The first kappa shape index (κ1) is 23.6. The topological polar surface area (TPSA) is 99.2 Å². The Labute approximate surface area is 208 Å². The number of anilines is 3. The molecule has 184 valence electrons. The maximum atomic E-state index is 13.5. The van der Waals surface area contributed by atoms with Crippen molar-refractivity contribution < 1.29 is 9.18 Å². The second-order valence-corrected chi connectivity index (χ2v) is 9.63. The molecule has 1 saturated carbocycles. The fourth-order valence-corrected chi connectivity index (χ4v) is 4.86. The lowest BCUT2D eigenvalue weighted by molar-refractivity contribution is -0.138. The Kier molecular flexibility index (Phi) is 6.92. The summed E-state index contributed by atoms with van der Waals surface area (Å²) in [6.07, 6.45) is 6.56. The molecule has 0 atom stereocenters. The minimum atomic E-state index is -0.487. The second-order valence-electron chi connectivity index (χ2n) is 9.23. The lowest BCUT2D eigenvalue weighted by atomic mass is 9.85. The average molecular weight is 499 g/mol. The van der Waals surface area contributed by atoms with Gasteiger partial charge in [0.2, 0.25) is 11.9 Å². The molecular formula is C24H28ClFN8O. The van der Waals surface area contributed by atoms with Crippen LogP contribution in [-0.2, 0) is 4.79 Å². The third-order valence-electron chi connectivity index (χ3n) is 6.78. The number of rotatable bonds is 5. The Balaban J connectivity index is 1.23. The molecule has 1 saturated heterocycles. The lowest BCUT2D eigenvalue weighted by Gasteiger charge is -2.36. The molecule has 1 aliphatic heterocycles. The van der Waals surface area contributed by atoms with Crippen molar-refractivity contribution in [1.82, 2.24) is 29.7 Å². The van der Waals surface area contributed by atoms with Crippen LogP contribution in [0.3, 0.4) is 0 Å². The molecule has 0 unspecified atom stereocenters. The molecule has 3 aromatic rings. The standard InChI is InChI=1S/C24H28ClFN8O/c1-33-8-10-34(11-9-33)23(35)15-2-4-16(5-3-15)31-24-27-13-20-21(32-24)22(29-14-28-20)30-17-6-7-19(26)18(25)12-17/h6-7,12-16H,2-5,8-11H2,1H3,(H,27,31,32)(H,28,29,30). The summed E-state index contributed by atoms with van der Waals surface area (Å²) in [4.78, 5) is 34.8. The van der Waals surface area contributed by atoms with Gasteiger partial charge in [0.15, 0.2) is 5.82 Å². The van der Waals surface area contributed by atoms with E-state index in [4.69, 9.17) is 11.6 Å². The Hall–Kier alpha value is -3.11. The van der Waals surface area contributed by atoms with Gasteiger partial charge in [0, 0.05) is 43.8 Å². The molecule has 2 aliphatic rings. The van der Waals surface area contributed by atoms with Crippen molar-refractivity contribution in [1.29, 1.82) is 0 Å². The highest BCUT2D eigenvalue weighted by atomic mass is 35.5. The van der Waals surface area contributed by atoms with Crippen LogP contribution in [0.25, 0.3) is 11.0 Å². The van der Waals surface area contributed by atoms with Crippen LogP contribution in [0.5, 0.6) is 0 Å². The first-order valence-corrected chi connectivity index (χ1v) is 12.3. The minimum absolute atomic E-state index is 0.0204. The molecular weight excluding hydrogens is 471 g/mol. The number of piperazine rings is 1. The number of fused-ring (bicyclic) bond motifs is 1. The van der Waals surface area contributed by atoms with E-state index in [9.17, 15) is 9.18 Å². The zero-order chi connectivity index (χ0) is 24.4. The summed E-state index contributed by atoms with van der Waals surface area (Å²) in [6.45, 7) is 3.52. The number of hydrogen-bond acceptors (Lipinski definition) is 8. The van der Waals surface area contributed by atoms with Crippen LogP contribution < -0.4 is 10.6 Å². The van der Waals surface area contributed by atoms with Crippen molar-refractivity contribution in [3.63, 3.8) is 0 Å². The Bertz CT molecular complexity index is 1210. The molecule has 2 aromatic heterocycles. The van der Waals surface area contributed by atoms with E-state index in [0.29, 0.717) is 34.4 Å². The molecule has 9 nitrogen and oxygen atoms in total. The molecule has 0 bridgehead atoms. The van der Waals surface area contributed by atoms with E-state index in [-0.39, 0.29) is 17.0 Å². The van der Waals surface area contributed by atoms with Crippen LogP contribution in [0.1, 0.15) is 25.7 Å². The van der Waals surface area contributed by atoms with Crippen LogP contribution >= 0.6 is 11.6 Å². The van der Waals surface area contributed by atoms with Gasteiger partial charge < -0.3 is 20.4 Å². The number of nitrogens with zero attached hydrogens (tertiary/aromatic N) is 6. The van der Waals surface area contributed by atoms with Crippen LogP contribution in [0.4, 0.5) is 21.8 Å². The summed E-state index contributed by atoms with van der Waals surface area (Å²) in [7, 11) is 2.09. The predicted octanol–water partition coefficient (Wildman–Crippen LogP) is 3.70. The highest BCUT2D eigenvalue weighted by Crippen LogP contribution is 2.29. The molecule has 1 aromatic carbocycles. The van der Waals surface area contributed by atoms with Gasteiger partial charge in [-0.2, -0.15) is 0 Å². The number of halogens is 2. The van der Waals surface area contributed by atoms with Gasteiger partial charge in [-0.15, -0.1) is 0 Å². The van der Waals surface area contributed by atoms with Gasteiger partial charge >= 0.3 is 0 Å². The summed E-state index contributed by atoms with van der Waals surface area (Å²) in [5.41, 5.74) is 1.72. The smallest absolute Gasteiger partial charge is 0.225 e. The predicted molar refractivity (Wildman–Crippen MR) is 133 cm³/mol. The number of carbonyl (C=O) groups excluding carboxylic acids is 1. The van der Waals surface area contributed by atoms with E-state index in [1.165, 1.54) is 18.5 Å². The van der Waals surface area contributed by atoms with Gasteiger partial charge in [-0.25, -0.2) is 24.3 Å². The molecule has 11 heteroatoms. The molecule has 3 heterocycles. The van der Waals surface area contributed by atoms with Crippen molar-refractivity contribution in [3.05, 3.63) is 41.6 Å². The van der Waals surface area contributed by atoms with Gasteiger partial charge in [-0.3, -0.25) is 4.79 Å². The monoisotopic (exact) mass is 498 g/mol. The molecule has 2 N–H and O–H groups in total. The van der Waals surface area contributed by atoms with Crippen LogP contribution in [0.2, 0.25) is 5.02 Å². The maximum Gasteiger partial charge on any atom is 0.225 e. The summed E-state index contributed by atoms with van der Waals surface area (Å²) in [5.74, 6) is 0.873. The van der Waals surface area contributed by atoms with Crippen molar-refractivity contribution in [2.75, 3.05) is 43.9 Å². The number of amides is 1. The third kappa shape index (κ3) is 5.43. The first-order valence-electron chi connectivity index (χ1n) is 11.9. The minimum Gasteiger partial charge on any atom is -0.351 e. The number of likely N-dealkylation sites (N-methyl/N-ethyl adjacent to an activating group) is 1. The van der Waals surface area contributed by atoms with E-state index >= 15 is 0 Å². The van der Waals surface area contributed by atoms with Crippen molar-refractivity contribution in [2.24, 2.45) is 5.92 Å². The lowest BCUT2D eigenvalue weighted by Crippen LogP contribution is -2.49. The Morgan fingerprint density at radius 3 is 2.60 bits per heavy atom. The number of nitrogens with one attached hydrogen (secondary N) is 2. The highest BCUT2D eigenvalue weighted by molar-refractivity contribution is 6.31. The summed E-state index contributed by atoms with van der Waals surface area (Å²) >= 11 is 5.90. The van der Waals surface area contributed by atoms with E-state index in [2.05, 4.69) is 42.5 Å². The summed E-state index contributed by atoms with van der Waals surface area (Å²) in [5, 5.41) is 6.57. The largest absolute Gasteiger partial charge is 0.351 e. The van der Waals surface area contributed by atoms with Gasteiger partial charge in [0.1, 0.15) is 23.2 Å². The second kappa shape index (κ2) is 10.2. The summed E-state index contributed by atoms with van der Waals surface area (Å²) < 4.78 is 13.5. The van der Waals surface area contributed by atoms with Crippen LogP contribution in [0.15, 0.2) is 30.7 Å². The number of aromatic nitrogens is 4. The zero-order valence-corrected chi connectivity index (χ0v) is 20.3. The molecule has 35 heavy (non-hydrogen) atoms. The molecule has 0 spiro atoms. The molecule has 2 fully saturated rings. The quantitative estimate of drug-likeness (QED) is 0.549. The molecule has 0 radical (unpaired) electrons. The van der Waals surface area contributed by atoms with Gasteiger partial charge in [-0.1, -0.05) is 11.6 Å². The fourth-order valence-electron chi connectivity index (χ4n) is 4.68. The van der Waals surface area contributed by atoms with Crippen LogP contribution in [-0.4, -0.2) is 74.9 Å². The highest BCUT2D eigenvalue weighted by Gasteiger charge is 2.31. The van der Waals surface area contributed by atoms with Gasteiger partial charge in [0.05, 0.1) is 11.2 Å². The zero-order valence-electron chi connectivity index (χ0n) is 19.5. The molecule has 1 amide bonds. The number of benzene rings is 1. The van der Waals surface area contributed by atoms with Crippen LogP contribution in [0, 0.1) is 11.7 Å². The van der Waals surface area contributed by atoms with E-state index < -0.39 is 5.82 Å². The van der Waals surface area contributed by atoms with Crippen molar-refractivity contribution in [2.45, 2.75) is 31.7 Å². The molecule has 1 aliphatic carbocycles. The Morgan fingerprint density at radius 2 is 1.86 bits per heavy atom. The van der Waals surface area contributed by atoms with Crippen molar-refractivity contribution in [3.8, 4) is 0 Å². The van der Waals surface area contributed by atoms with Gasteiger partial charge in [0.25, 0.3) is 0 Å². The third-order valence-corrected chi connectivity index (χ3v) is 7.07. The average Bonchev–Trinajstić information content (AvgIpc) is 2.87. The summed E-state index contributed by atoms with van der Waals surface area (Å²) in [6, 6.07) is 4.56. The molecule has 5 rings (SSSR count). The first-order chi connectivity index (χ1) is 17.0. The van der Waals surface area contributed by atoms with E-state index in [0.717, 1.165) is 51.9 Å². The number of hydrogen-bond donors (Lipinski definition) is 2. The van der Waals surface area contributed by atoms with E-state index in [1.807, 2.05) is 4.90 Å². The fraction of sp³-hybridized carbons (Fsp3) is 0.458. The SMILES string of the molecule is CN1CCN(C(=O)C2CCC(Nc3ncc4ncnc(Nc5ccc(F)c(Cl)c5)c4n3)CC2)CC1.